The molecule has 0 saturated carbocycles. The molecule has 0 radical (unpaired) electrons. The highest BCUT2D eigenvalue weighted by atomic mass is 35.5. The number of benzene rings is 2. The number of para-hydroxylation sites is 1. The molecule has 1 unspecified atom stereocenters. The number of nitrogens with one attached hydrogen (secondary N) is 3. The number of carbonyl (C=O) groups excluding carboxylic acids is 2. The Morgan fingerprint density at radius 2 is 1.50 bits per heavy atom. The molecule has 0 aliphatic rings. The van der Waals surface area contributed by atoms with Crippen LogP contribution in [0.3, 0.4) is 0 Å². The first-order chi connectivity index (χ1) is 12.4. The summed E-state index contributed by atoms with van der Waals surface area (Å²) in [4.78, 5) is 25.0. The molecule has 2 amide bonds. The Labute approximate surface area is 162 Å². The molecule has 2 rings (SSSR count). The van der Waals surface area contributed by atoms with Gasteiger partial charge in [-0.15, -0.1) is 0 Å². The quantitative estimate of drug-likeness (QED) is 0.670. The molecule has 6 nitrogen and oxygen atoms in total. The Bertz CT molecular complexity index is 762. The molecule has 2 aromatic rings. The number of amides is 2. The molecule has 2 aromatic carbocycles. The molecular formula is C18H20Cl2N3O3+. The summed E-state index contributed by atoms with van der Waals surface area (Å²) in [6.07, 6.45) is 0. The molecule has 26 heavy (non-hydrogen) atoms. The van der Waals surface area contributed by atoms with Gasteiger partial charge < -0.3 is 20.3 Å². The third-order valence-corrected chi connectivity index (χ3v) is 4.16. The molecule has 0 bridgehead atoms. The highest BCUT2D eigenvalue weighted by Gasteiger charge is 2.16. The van der Waals surface area contributed by atoms with Crippen molar-refractivity contribution in [3.05, 3.63) is 52.5 Å². The minimum absolute atomic E-state index is 0.0948. The molecule has 0 aromatic heterocycles. The monoisotopic (exact) mass is 396 g/mol. The summed E-state index contributed by atoms with van der Waals surface area (Å²) in [5, 5.41) is 6.18. The molecule has 138 valence electrons. The topological polar surface area (TPSA) is 71.9 Å². The van der Waals surface area contributed by atoms with Gasteiger partial charge in [0.2, 0.25) is 0 Å². The second-order valence-electron chi connectivity index (χ2n) is 5.73. The normalized spacial score (nSPS) is 11.5. The largest absolute Gasteiger partial charge is 0.497 e. The van der Waals surface area contributed by atoms with Crippen LogP contribution in [-0.2, 0) is 9.59 Å². The highest BCUT2D eigenvalue weighted by Crippen LogP contribution is 2.29. The van der Waals surface area contributed by atoms with E-state index in [2.05, 4.69) is 10.6 Å². The molecule has 0 saturated heterocycles. The Morgan fingerprint density at radius 1 is 0.962 bits per heavy atom. The van der Waals surface area contributed by atoms with Crippen molar-refractivity contribution in [3.63, 3.8) is 0 Å². The fourth-order valence-corrected chi connectivity index (χ4v) is 2.78. The Hall–Kier alpha value is -2.28. The van der Waals surface area contributed by atoms with Crippen molar-refractivity contribution in [2.24, 2.45) is 0 Å². The average molecular weight is 397 g/mol. The lowest BCUT2D eigenvalue weighted by atomic mass is 10.3. The highest BCUT2D eigenvalue weighted by molar-refractivity contribution is 6.39. The van der Waals surface area contributed by atoms with Gasteiger partial charge in [-0.1, -0.05) is 29.3 Å². The summed E-state index contributed by atoms with van der Waals surface area (Å²) >= 11 is 12.1. The van der Waals surface area contributed by atoms with E-state index < -0.39 is 0 Å². The summed E-state index contributed by atoms with van der Waals surface area (Å²) in [7, 11) is 3.33. The van der Waals surface area contributed by atoms with Crippen molar-refractivity contribution < 1.29 is 19.2 Å². The van der Waals surface area contributed by atoms with Gasteiger partial charge in [-0.3, -0.25) is 9.59 Å². The van der Waals surface area contributed by atoms with E-state index in [0.717, 1.165) is 4.90 Å². The van der Waals surface area contributed by atoms with Crippen LogP contribution in [0.25, 0.3) is 0 Å². The minimum Gasteiger partial charge on any atom is -0.497 e. The number of carbonyl (C=O) groups is 2. The Kier molecular flexibility index (Phi) is 7.26. The van der Waals surface area contributed by atoms with Crippen molar-refractivity contribution in [1.82, 2.24) is 0 Å². The van der Waals surface area contributed by atoms with Crippen LogP contribution < -0.4 is 20.3 Å². The number of ether oxygens (including phenoxy) is 1. The zero-order chi connectivity index (χ0) is 19.1. The third kappa shape index (κ3) is 5.91. The number of rotatable bonds is 7. The smallest absolute Gasteiger partial charge is 0.279 e. The summed E-state index contributed by atoms with van der Waals surface area (Å²) in [6, 6.07) is 12.0. The molecule has 0 aliphatic carbocycles. The van der Waals surface area contributed by atoms with Crippen molar-refractivity contribution >= 4 is 46.4 Å². The second kappa shape index (κ2) is 9.43. The van der Waals surface area contributed by atoms with Crippen LogP contribution in [0.5, 0.6) is 5.75 Å². The summed E-state index contributed by atoms with van der Waals surface area (Å²) in [5.74, 6) is 0.228. The lowest BCUT2D eigenvalue weighted by Gasteiger charge is -2.15. The van der Waals surface area contributed by atoms with E-state index in [0.29, 0.717) is 27.2 Å². The molecule has 0 aliphatic heterocycles. The fraction of sp³-hybridized carbons (Fsp3) is 0.222. The van der Waals surface area contributed by atoms with Crippen LogP contribution in [0, 0.1) is 0 Å². The van der Waals surface area contributed by atoms with Gasteiger partial charge >= 0.3 is 0 Å². The van der Waals surface area contributed by atoms with Crippen LogP contribution in [0.4, 0.5) is 11.4 Å². The SMILES string of the molecule is COc1ccc(NC(=O)C[NH+](C)CC(=O)Nc2c(Cl)cccc2Cl)cc1. The second-order valence-corrected chi connectivity index (χ2v) is 6.55. The number of methoxy groups -OCH3 is 1. The molecule has 0 spiro atoms. The first-order valence-electron chi connectivity index (χ1n) is 7.88. The average Bonchev–Trinajstić information content (AvgIpc) is 2.58. The van der Waals surface area contributed by atoms with Gasteiger partial charge in [-0.2, -0.15) is 0 Å². The lowest BCUT2D eigenvalue weighted by molar-refractivity contribution is -0.862. The number of halogens is 2. The van der Waals surface area contributed by atoms with Gasteiger partial charge in [0, 0.05) is 5.69 Å². The molecule has 1 atom stereocenters. The molecule has 0 heterocycles. The van der Waals surface area contributed by atoms with Crippen LogP contribution in [0.2, 0.25) is 10.0 Å². The maximum atomic E-state index is 12.1. The van der Waals surface area contributed by atoms with Gasteiger partial charge in [-0.05, 0) is 36.4 Å². The molecule has 0 fully saturated rings. The van der Waals surface area contributed by atoms with Crippen molar-refractivity contribution in [3.8, 4) is 5.75 Å². The van der Waals surface area contributed by atoms with Gasteiger partial charge in [0.25, 0.3) is 11.8 Å². The van der Waals surface area contributed by atoms with E-state index >= 15 is 0 Å². The number of anilines is 2. The number of quaternary nitrogens is 1. The fourth-order valence-electron chi connectivity index (χ4n) is 2.29. The van der Waals surface area contributed by atoms with Crippen LogP contribution in [0.1, 0.15) is 0 Å². The van der Waals surface area contributed by atoms with E-state index in [-0.39, 0.29) is 24.9 Å². The van der Waals surface area contributed by atoms with Crippen molar-refractivity contribution in [1.29, 1.82) is 0 Å². The molecule has 3 N–H and O–H groups in total. The summed E-state index contributed by atoms with van der Waals surface area (Å²) in [6.45, 7) is 0.229. The predicted molar refractivity (Wildman–Crippen MR) is 103 cm³/mol. The van der Waals surface area contributed by atoms with Crippen molar-refractivity contribution in [2.45, 2.75) is 0 Å². The van der Waals surface area contributed by atoms with Crippen LogP contribution >= 0.6 is 23.2 Å². The zero-order valence-electron chi connectivity index (χ0n) is 14.4. The minimum atomic E-state index is -0.283. The predicted octanol–water partition coefficient (Wildman–Crippen LogP) is 2.09. The van der Waals surface area contributed by atoms with E-state index in [9.17, 15) is 9.59 Å². The van der Waals surface area contributed by atoms with E-state index in [4.69, 9.17) is 27.9 Å². The lowest BCUT2D eigenvalue weighted by Crippen LogP contribution is -3.11. The molecular weight excluding hydrogens is 377 g/mol. The van der Waals surface area contributed by atoms with Gasteiger partial charge in [-0.25, -0.2) is 0 Å². The van der Waals surface area contributed by atoms with E-state index in [1.54, 1.807) is 56.6 Å². The standard InChI is InChI=1S/C18H19Cl2N3O3/c1-23(10-16(24)21-12-6-8-13(26-2)9-7-12)11-17(25)22-18-14(19)4-3-5-15(18)20/h3-9H,10-11H2,1-2H3,(H,21,24)(H,22,25)/p+1. The third-order valence-electron chi connectivity index (χ3n) is 3.53. The number of likely N-dealkylation sites (N-methyl/N-ethyl adjacent to an activating group) is 1. The number of hydrogen-bond acceptors (Lipinski definition) is 3. The van der Waals surface area contributed by atoms with E-state index in [1.165, 1.54) is 0 Å². The Morgan fingerprint density at radius 3 is 2.04 bits per heavy atom. The first-order valence-corrected chi connectivity index (χ1v) is 8.63. The van der Waals surface area contributed by atoms with Gasteiger partial charge in [0.05, 0.1) is 29.9 Å². The summed E-state index contributed by atoms with van der Waals surface area (Å²) < 4.78 is 5.07. The maximum absolute atomic E-state index is 12.1. The maximum Gasteiger partial charge on any atom is 0.279 e. The van der Waals surface area contributed by atoms with Crippen molar-refractivity contribution in [2.75, 3.05) is 37.9 Å². The van der Waals surface area contributed by atoms with Crippen LogP contribution in [0.15, 0.2) is 42.5 Å². The number of hydrogen-bond donors (Lipinski definition) is 3. The molecule has 8 heteroatoms. The van der Waals surface area contributed by atoms with E-state index in [1.807, 2.05) is 0 Å². The zero-order valence-corrected chi connectivity index (χ0v) is 15.9. The first kappa shape index (κ1) is 20.0. The van der Waals surface area contributed by atoms with Gasteiger partial charge in [0.1, 0.15) is 5.75 Å². The Balaban J connectivity index is 1.84. The van der Waals surface area contributed by atoms with Crippen LogP contribution in [-0.4, -0.2) is 39.1 Å². The summed E-state index contributed by atoms with van der Waals surface area (Å²) in [5.41, 5.74) is 1.03. The van der Waals surface area contributed by atoms with Gasteiger partial charge in [0.15, 0.2) is 13.1 Å².